The van der Waals surface area contributed by atoms with E-state index in [0.29, 0.717) is 0 Å². The van der Waals surface area contributed by atoms with Crippen LogP contribution < -0.4 is 0 Å². The molecule has 1 aromatic heterocycles. The Labute approximate surface area is 62.4 Å². The summed E-state index contributed by atoms with van der Waals surface area (Å²) in [5.74, 6) is -0.357. The lowest BCUT2D eigenvalue weighted by molar-refractivity contribution is 0.113. The molecule has 0 fully saturated rings. The Hall–Kier alpha value is -1.00. The van der Waals surface area contributed by atoms with E-state index in [1.807, 2.05) is 0 Å². The Kier molecular flexibility index (Phi) is 2.16. The molecule has 5 heteroatoms. The Balaban J connectivity index is 2.82. The minimum Gasteiger partial charge on any atom is -0.420 e. The molecule has 1 aromatic rings. The van der Waals surface area contributed by atoms with Crippen LogP contribution in [-0.2, 0) is 0 Å². The second-order valence-electron chi connectivity index (χ2n) is 2.43. The largest absolute Gasteiger partial charge is 0.420 e. The van der Waals surface area contributed by atoms with Crippen molar-refractivity contribution in [2.75, 3.05) is 0 Å². The van der Waals surface area contributed by atoms with Gasteiger partial charge in [0.2, 0.25) is 5.89 Å². The van der Waals surface area contributed by atoms with Gasteiger partial charge in [-0.05, 0) is 0 Å². The Morgan fingerprint density at radius 3 is 2.00 bits per heavy atom. The van der Waals surface area contributed by atoms with E-state index in [9.17, 15) is 8.78 Å². The molecule has 1 rings (SSSR count). The van der Waals surface area contributed by atoms with Crippen molar-refractivity contribution in [1.82, 2.24) is 10.2 Å². The van der Waals surface area contributed by atoms with Crippen LogP contribution in [0.1, 0.15) is 38.0 Å². The molecule has 0 atom stereocenters. The highest BCUT2D eigenvalue weighted by molar-refractivity contribution is 4.87. The maximum atomic E-state index is 11.8. The van der Waals surface area contributed by atoms with Gasteiger partial charge in [-0.3, -0.25) is 0 Å². The minimum absolute atomic E-state index is 0.00463. The van der Waals surface area contributed by atoms with Crippen molar-refractivity contribution in [3.8, 4) is 0 Å². The molecule has 0 aliphatic carbocycles. The van der Waals surface area contributed by atoms with Crippen molar-refractivity contribution >= 4 is 0 Å². The first-order valence-corrected chi connectivity index (χ1v) is 3.22. The van der Waals surface area contributed by atoms with Gasteiger partial charge in [-0.2, -0.15) is 8.78 Å². The smallest absolute Gasteiger partial charge is 0.314 e. The molecular weight excluding hydrogens is 154 g/mol. The predicted octanol–water partition coefficient (Wildman–Crippen LogP) is 2.13. The second-order valence-corrected chi connectivity index (χ2v) is 2.43. The molecule has 0 unspecified atom stereocenters. The van der Waals surface area contributed by atoms with Gasteiger partial charge in [0.25, 0.3) is 5.89 Å². The number of rotatable bonds is 2. The summed E-state index contributed by atoms with van der Waals surface area (Å²) in [6, 6.07) is 0. The van der Waals surface area contributed by atoms with Gasteiger partial charge < -0.3 is 4.42 Å². The SMILES string of the molecule is CC(C)c1nnc(C(F)F)o1. The van der Waals surface area contributed by atoms with Crippen LogP contribution in [0.4, 0.5) is 8.78 Å². The summed E-state index contributed by atoms with van der Waals surface area (Å²) in [4.78, 5) is 0. The lowest BCUT2D eigenvalue weighted by Crippen LogP contribution is -1.85. The van der Waals surface area contributed by atoms with Gasteiger partial charge in [0, 0.05) is 5.92 Å². The zero-order valence-corrected chi connectivity index (χ0v) is 6.21. The number of alkyl halides is 2. The van der Waals surface area contributed by atoms with Crippen LogP contribution in [0, 0.1) is 0 Å². The molecule has 3 nitrogen and oxygen atoms in total. The predicted molar refractivity (Wildman–Crippen MR) is 33.3 cm³/mol. The topological polar surface area (TPSA) is 38.9 Å². The molecule has 62 valence electrons. The van der Waals surface area contributed by atoms with Gasteiger partial charge >= 0.3 is 6.43 Å². The van der Waals surface area contributed by atoms with E-state index >= 15 is 0 Å². The Bertz CT molecular complexity index is 212. The molecule has 0 aromatic carbocycles. The average Bonchev–Trinajstić information content (AvgIpc) is 2.33. The summed E-state index contributed by atoms with van der Waals surface area (Å²) in [5.41, 5.74) is 0. The zero-order valence-electron chi connectivity index (χ0n) is 6.21. The normalized spacial score (nSPS) is 11.5. The first-order valence-electron chi connectivity index (χ1n) is 3.22. The molecule has 0 aliphatic heterocycles. The minimum atomic E-state index is -2.67. The molecular formula is C6H8F2N2O. The van der Waals surface area contributed by atoms with E-state index in [-0.39, 0.29) is 11.8 Å². The molecule has 1 heterocycles. The molecule has 0 spiro atoms. The average molecular weight is 162 g/mol. The van der Waals surface area contributed by atoms with Gasteiger partial charge in [-0.1, -0.05) is 13.8 Å². The molecule has 0 aliphatic rings. The lowest BCUT2D eigenvalue weighted by Gasteiger charge is -1.93. The Morgan fingerprint density at radius 1 is 1.18 bits per heavy atom. The number of hydrogen-bond acceptors (Lipinski definition) is 3. The van der Waals surface area contributed by atoms with E-state index in [1.165, 1.54) is 0 Å². The monoisotopic (exact) mass is 162 g/mol. The van der Waals surface area contributed by atoms with Crippen molar-refractivity contribution in [3.63, 3.8) is 0 Å². The van der Waals surface area contributed by atoms with E-state index in [1.54, 1.807) is 13.8 Å². The van der Waals surface area contributed by atoms with Gasteiger partial charge in [0.05, 0.1) is 0 Å². The van der Waals surface area contributed by atoms with Crippen LogP contribution in [0.5, 0.6) is 0 Å². The third-order valence-electron chi connectivity index (χ3n) is 1.14. The standard InChI is InChI=1S/C6H8F2N2O/c1-3(2)5-9-10-6(11-5)4(7)8/h3-4H,1-2H3. The van der Waals surface area contributed by atoms with Gasteiger partial charge in [-0.15, -0.1) is 10.2 Å². The van der Waals surface area contributed by atoms with Crippen molar-refractivity contribution in [3.05, 3.63) is 11.8 Å². The molecule has 0 radical (unpaired) electrons. The van der Waals surface area contributed by atoms with E-state index < -0.39 is 12.3 Å². The molecule has 11 heavy (non-hydrogen) atoms. The van der Waals surface area contributed by atoms with E-state index in [2.05, 4.69) is 14.6 Å². The van der Waals surface area contributed by atoms with E-state index in [0.717, 1.165) is 0 Å². The zero-order chi connectivity index (χ0) is 8.43. The fourth-order valence-corrected chi connectivity index (χ4v) is 0.568. The highest BCUT2D eigenvalue weighted by Gasteiger charge is 2.16. The molecule has 0 saturated carbocycles. The summed E-state index contributed by atoms with van der Waals surface area (Å²) in [6.45, 7) is 3.59. The first kappa shape index (κ1) is 8.10. The summed E-state index contributed by atoms with van der Waals surface area (Å²) in [7, 11) is 0. The summed E-state index contributed by atoms with van der Waals surface area (Å²) in [5, 5.41) is 6.61. The van der Waals surface area contributed by atoms with Crippen LogP contribution in [0.15, 0.2) is 4.42 Å². The third kappa shape index (κ3) is 1.72. The van der Waals surface area contributed by atoms with Crippen molar-refractivity contribution in [2.24, 2.45) is 0 Å². The second kappa shape index (κ2) is 2.94. The lowest BCUT2D eigenvalue weighted by atomic mass is 10.2. The summed E-state index contributed by atoms with van der Waals surface area (Å²) in [6.07, 6.45) is -2.67. The third-order valence-corrected chi connectivity index (χ3v) is 1.14. The van der Waals surface area contributed by atoms with Crippen molar-refractivity contribution in [2.45, 2.75) is 26.2 Å². The fraction of sp³-hybridized carbons (Fsp3) is 0.667. The van der Waals surface area contributed by atoms with Gasteiger partial charge in [0.1, 0.15) is 0 Å². The first-order chi connectivity index (χ1) is 5.11. The number of hydrogen-bond donors (Lipinski definition) is 0. The van der Waals surface area contributed by atoms with Crippen LogP contribution >= 0.6 is 0 Å². The van der Waals surface area contributed by atoms with Crippen LogP contribution in [-0.4, -0.2) is 10.2 Å². The molecule has 0 amide bonds. The van der Waals surface area contributed by atoms with Crippen molar-refractivity contribution in [1.29, 1.82) is 0 Å². The quantitative estimate of drug-likeness (QED) is 0.668. The fourth-order valence-electron chi connectivity index (χ4n) is 0.568. The van der Waals surface area contributed by atoms with Crippen LogP contribution in [0.3, 0.4) is 0 Å². The highest BCUT2D eigenvalue weighted by Crippen LogP contribution is 2.19. The highest BCUT2D eigenvalue weighted by atomic mass is 19.3. The molecule has 0 N–H and O–H groups in total. The van der Waals surface area contributed by atoms with Crippen LogP contribution in [0.2, 0.25) is 0 Å². The Morgan fingerprint density at radius 2 is 1.73 bits per heavy atom. The van der Waals surface area contributed by atoms with Gasteiger partial charge in [0.15, 0.2) is 0 Å². The van der Waals surface area contributed by atoms with Crippen molar-refractivity contribution < 1.29 is 13.2 Å². The van der Waals surface area contributed by atoms with E-state index in [4.69, 9.17) is 0 Å². The van der Waals surface area contributed by atoms with Crippen LogP contribution in [0.25, 0.3) is 0 Å². The summed E-state index contributed by atoms with van der Waals surface area (Å²) >= 11 is 0. The maximum Gasteiger partial charge on any atom is 0.314 e. The summed E-state index contributed by atoms with van der Waals surface area (Å²) < 4.78 is 28.3. The number of aromatic nitrogens is 2. The van der Waals surface area contributed by atoms with Gasteiger partial charge in [-0.25, -0.2) is 0 Å². The number of halogens is 2. The molecule has 0 saturated heterocycles. The molecule has 0 bridgehead atoms. The number of nitrogens with zero attached hydrogens (tertiary/aromatic N) is 2. The maximum absolute atomic E-state index is 11.8.